The van der Waals surface area contributed by atoms with E-state index in [-0.39, 0.29) is 12.2 Å². The fourth-order valence-corrected chi connectivity index (χ4v) is 3.23. The summed E-state index contributed by atoms with van der Waals surface area (Å²) in [5, 5.41) is 0. The molecule has 0 radical (unpaired) electrons. The predicted molar refractivity (Wildman–Crippen MR) is 89.6 cm³/mol. The summed E-state index contributed by atoms with van der Waals surface area (Å²) in [4.78, 5) is 28.0. The number of aryl methyl sites for hydroxylation is 2. The van der Waals surface area contributed by atoms with Gasteiger partial charge in [-0.25, -0.2) is 9.59 Å². The summed E-state index contributed by atoms with van der Waals surface area (Å²) >= 11 is 0. The molecule has 0 aliphatic carbocycles. The molecule has 0 aromatic heterocycles. The quantitative estimate of drug-likeness (QED) is 0.832. The molecule has 1 aromatic carbocycles. The van der Waals surface area contributed by atoms with Crippen molar-refractivity contribution in [3.05, 3.63) is 23.3 Å². The van der Waals surface area contributed by atoms with E-state index in [1.165, 1.54) is 0 Å². The minimum Gasteiger partial charge on any atom is -0.406 e. The topological polar surface area (TPSA) is 59.1 Å². The highest BCUT2D eigenvalue weighted by Gasteiger charge is 2.25. The van der Waals surface area contributed by atoms with Crippen LogP contribution in [-0.2, 0) is 0 Å². The van der Waals surface area contributed by atoms with E-state index in [1.54, 1.807) is 15.9 Å². The van der Waals surface area contributed by atoms with Crippen LogP contribution in [0.3, 0.4) is 0 Å². The average molecular weight is 332 g/mol. The van der Waals surface area contributed by atoms with E-state index in [0.29, 0.717) is 37.7 Å². The monoisotopic (exact) mass is 332 g/mol. The van der Waals surface area contributed by atoms with Gasteiger partial charge in [0.05, 0.1) is 0 Å². The van der Waals surface area contributed by atoms with Crippen LogP contribution in [0.4, 0.5) is 9.59 Å². The van der Waals surface area contributed by atoms with Gasteiger partial charge in [0.2, 0.25) is 0 Å². The Hall–Kier alpha value is -2.24. The van der Waals surface area contributed by atoms with Crippen LogP contribution < -0.4 is 9.47 Å². The molecule has 1 aromatic rings. The molecular weight excluding hydrogens is 308 g/mol. The number of nitrogens with zero attached hydrogens (tertiary/aromatic N) is 2. The summed E-state index contributed by atoms with van der Waals surface area (Å²) in [6.45, 7) is 6.64. The first-order valence-electron chi connectivity index (χ1n) is 8.59. The molecule has 2 aliphatic heterocycles. The maximum absolute atomic E-state index is 12.3. The number of amides is 2. The Bertz CT molecular complexity index is 632. The van der Waals surface area contributed by atoms with Crippen molar-refractivity contribution < 1.29 is 19.1 Å². The number of likely N-dealkylation sites (tertiary alicyclic amines) is 2. The smallest absolute Gasteiger partial charge is 0.406 e. The van der Waals surface area contributed by atoms with Crippen LogP contribution in [0.2, 0.25) is 0 Å². The first kappa shape index (κ1) is 16.6. The van der Waals surface area contributed by atoms with Gasteiger partial charge in [-0.15, -0.1) is 0 Å². The Kier molecular flexibility index (Phi) is 4.92. The van der Waals surface area contributed by atoms with Crippen molar-refractivity contribution in [1.29, 1.82) is 0 Å². The fourth-order valence-electron chi connectivity index (χ4n) is 3.23. The second-order valence-electron chi connectivity index (χ2n) is 6.53. The number of carbonyl (C=O) groups is 2. The summed E-state index contributed by atoms with van der Waals surface area (Å²) in [6, 6.07) is 3.66. The minimum atomic E-state index is -0.379. The molecule has 2 amide bonds. The minimum absolute atomic E-state index is 0.317. The van der Waals surface area contributed by atoms with E-state index in [2.05, 4.69) is 0 Å². The van der Waals surface area contributed by atoms with Gasteiger partial charge in [-0.1, -0.05) is 6.07 Å². The van der Waals surface area contributed by atoms with E-state index >= 15 is 0 Å². The van der Waals surface area contributed by atoms with Crippen LogP contribution in [0.25, 0.3) is 0 Å². The summed E-state index contributed by atoms with van der Waals surface area (Å²) in [5.74, 6) is 0.655. The zero-order valence-electron chi connectivity index (χ0n) is 14.3. The number of hydrogen-bond acceptors (Lipinski definition) is 4. The van der Waals surface area contributed by atoms with E-state index in [4.69, 9.17) is 9.47 Å². The zero-order chi connectivity index (χ0) is 17.1. The lowest BCUT2D eigenvalue weighted by molar-refractivity contribution is 0.151. The average Bonchev–Trinajstić information content (AvgIpc) is 3.23. The summed E-state index contributed by atoms with van der Waals surface area (Å²) in [6.07, 6.45) is 3.24. The molecule has 2 heterocycles. The van der Waals surface area contributed by atoms with Gasteiger partial charge in [0.25, 0.3) is 0 Å². The lowest BCUT2D eigenvalue weighted by atomic mass is 10.1. The third-order valence-electron chi connectivity index (χ3n) is 4.50. The molecule has 3 rings (SSSR count). The maximum atomic E-state index is 12.3. The van der Waals surface area contributed by atoms with E-state index < -0.39 is 0 Å². The Labute approximate surface area is 142 Å². The maximum Gasteiger partial charge on any atom is 0.415 e. The fraction of sp³-hybridized carbons (Fsp3) is 0.556. The highest BCUT2D eigenvalue weighted by Crippen LogP contribution is 2.34. The number of rotatable bonds is 2. The van der Waals surface area contributed by atoms with Crippen molar-refractivity contribution in [2.75, 3.05) is 26.2 Å². The Morgan fingerprint density at radius 2 is 1.33 bits per heavy atom. The normalized spacial score (nSPS) is 17.2. The first-order chi connectivity index (χ1) is 11.5. The third kappa shape index (κ3) is 3.63. The molecule has 0 N–H and O–H groups in total. The molecule has 0 spiro atoms. The standard InChI is InChI=1S/C18H24N2O4/c1-13-11-14(2)16(24-18(22)20-9-5-6-10-20)15(12-13)23-17(21)19-7-3-4-8-19/h11-12H,3-10H2,1-2H3. The Morgan fingerprint density at radius 1 is 0.833 bits per heavy atom. The molecular formula is C18H24N2O4. The van der Waals surface area contributed by atoms with Crippen molar-refractivity contribution in [2.45, 2.75) is 39.5 Å². The second-order valence-corrected chi connectivity index (χ2v) is 6.53. The van der Waals surface area contributed by atoms with Crippen LogP contribution in [-0.4, -0.2) is 48.2 Å². The van der Waals surface area contributed by atoms with Crippen LogP contribution >= 0.6 is 0 Å². The summed E-state index contributed by atoms with van der Waals surface area (Å²) in [5.41, 5.74) is 1.74. The van der Waals surface area contributed by atoms with Gasteiger partial charge < -0.3 is 19.3 Å². The lowest BCUT2D eigenvalue weighted by Gasteiger charge is -2.20. The first-order valence-corrected chi connectivity index (χ1v) is 8.59. The van der Waals surface area contributed by atoms with Gasteiger partial charge in [0, 0.05) is 26.2 Å². The number of benzene rings is 1. The van der Waals surface area contributed by atoms with Crippen molar-refractivity contribution in [1.82, 2.24) is 9.80 Å². The van der Waals surface area contributed by atoms with Gasteiger partial charge in [0.1, 0.15) is 0 Å². The van der Waals surface area contributed by atoms with Crippen molar-refractivity contribution in [3.8, 4) is 11.5 Å². The highest BCUT2D eigenvalue weighted by molar-refractivity contribution is 5.76. The van der Waals surface area contributed by atoms with Gasteiger partial charge in [-0.3, -0.25) is 0 Å². The van der Waals surface area contributed by atoms with E-state index in [1.807, 2.05) is 19.9 Å². The Morgan fingerprint density at radius 3 is 1.88 bits per heavy atom. The molecule has 24 heavy (non-hydrogen) atoms. The van der Waals surface area contributed by atoms with Gasteiger partial charge >= 0.3 is 12.2 Å². The molecule has 6 nitrogen and oxygen atoms in total. The van der Waals surface area contributed by atoms with E-state index in [0.717, 1.165) is 36.8 Å². The number of carbonyl (C=O) groups excluding carboxylic acids is 2. The van der Waals surface area contributed by atoms with Crippen LogP contribution in [0.15, 0.2) is 12.1 Å². The second kappa shape index (κ2) is 7.11. The molecule has 2 fully saturated rings. The molecule has 0 unspecified atom stereocenters. The largest absolute Gasteiger partial charge is 0.415 e. The summed E-state index contributed by atoms with van der Waals surface area (Å²) in [7, 11) is 0. The lowest BCUT2D eigenvalue weighted by Crippen LogP contribution is -2.32. The molecule has 130 valence electrons. The van der Waals surface area contributed by atoms with Crippen LogP contribution in [0.5, 0.6) is 11.5 Å². The number of ether oxygens (including phenoxy) is 2. The summed E-state index contributed by atoms with van der Waals surface area (Å²) < 4.78 is 11.1. The Balaban J connectivity index is 1.78. The zero-order valence-corrected chi connectivity index (χ0v) is 14.3. The van der Waals surface area contributed by atoms with Gasteiger partial charge in [-0.05, 0) is 56.7 Å². The third-order valence-corrected chi connectivity index (χ3v) is 4.50. The van der Waals surface area contributed by atoms with Crippen molar-refractivity contribution in [2.24, 2.45) is 0 Å². The van der Waals surface area contributed by atoms with Crippen molar-refractivity contribution in [3.63, 3.8) is 0 Å². The molecule has 0 saturated carbocycles. The van der Waals surface area contributed by atoms with E-state index in [9.17, 15) is 9.59 Å². The van der Waals surface area contributed by atoms with Crippen molar-refractivity contribution >= 4 is 12.2 Å². The number of hydrogen-bond donors (Lipinski definition) is 0. The predicted octanol–water partition coefficient (Wildman–Crippen LogP) is 3.49. The molecule has 0 atom stereocenters. The molecule has 2 saturated heterocycles. The molecule has 2 aliphatic rings. The van der Waals surface area contributed by atoms with Crippen LogP contribution in [0.1, 0.15) is 36.8 Å². The SMILES string of the molecule is Cc1cc(C)c(OC(=O)N2CCCC2)c(OC(=O)N2CCCC2)c1. The highest BCUT2D eigenvalue weighted by atomic mass is 16.6. The van der Waals surface area contributed by atoms with Gasteiger partial charge in [-0.2, -0.15) is 0 Å². The molecule has 0 bridgehead atoms. The van der Waals surface area contributed by atoms with Gasteiger partial charge in [0.15, 0.2) is 11.5 Å². The van der Waals surface area contributed by atoms with Crippen LogP contribution in [0, 0.1) is 13.8 Å². The molecule has 6 heteroatoms.